The van der Waals surface area contributed by atoms with E-state index >= 15 is 0 Å². The molecule has 1 fully saturated rings. The fourth-order valence-electron chi connectivity index (χ4n) is 3.80. The van der Waals surface area contributed by atoms with E-state index in [4.69, 9.17) is 9.47 Å². The van der Waals surface area contributed by atoms with Crippen LogP contribution in [0.2, 0.25) is 0 Å². The molecule has 10 heteroatoms. The van der Waals surface area contributed by atoms with Gasteiger partial charge in [-0.2, -0.15) is 17.6 Å². The number of hydrogen-bond acceptors (Lipinski definition) is 4. The summed E-state index contributed by atoms with van der Waals surface area (Å²) in [5, 5.41) is 0. The molecular formula is C28H24F6O4. The van der Waals surface area contributed by atoms with Gasteiger partial charge in [0.05, 0.1) is 24.3 Å². The quantitative estimate of drug-likeness (QED) is 0.195. The standard InChI is InChI=1S/C28H24F6O4/c1-2-3-4-18-16-35-26(36-17-18)19-5-14-24(25(30)15-19)28(33,34)38-22-10-6-20(7-11-22)27(31,32)37-23-12-8-21(29)9-13-23/h2,5-15,18,26H,1,3-4,16-17H2. The second kappa shape index (κ2) is 11.5. The Morgan fingerprint density at radius 1 is 0.816 bits per heavy atom. The van der Waals surface area contributed by atoms with Crippen molar-refractivity contribution in [1.82, 2.24) is 0 Å². The molecule has 4 nitrogen and oxygen atoms in total. The third-order valence-corrected chi connectivity index (χ3v) is 5.82. The lowest BCUT2D eigenvalue weighted by molar-refractivity contribution is -0.206. The van der Waals surface area contributed by atoms with Gasteiger partial charge in [-0.15, -0.1) is 6.58 Å². The Kier molecular flexibility index (Phi) is 8.32. The van der Waals surface area contributed by atoms with E-state index in [-0.39, 0.29) is 17.2 Å². The first kappa shape index (κ1) is 27.5. The number of rotatable bonds is 10. The van der Waals surface area contributed by atoms with Crippen LogP contribution in [0.15, 0.2) is 79.4 Å². The van der Waals surface area contributed by atoms with Crippen molar-refractivity contribution in [2.75, 3.05) is 13.2 Å². The van der Waals surface area contributed by atoms with E-state index in [1.54, 1.807) is 6.08 Å². The average Bonchev–Trinajstić information content (AvgIpc) is 2.89. The van der Waals surface area contributed by atoms with Crippen LogP contribution in [-0.2, 0) is 21.7 Å². The minimum Gasteiger partial charge on any atom is -0.429 e. The van der Waals surface area contributed by atoms with Crippen molar-refractivity contribution in [3.05, 3.63) is 108 Å². The maximum absolute atomic E-state index is 14.8. The summed E-state index contributed by atoms with van der Waals surface area (Å²) in [6.45, 7) is 4.42. The van der Waals surface area contributed by atoms with Gasteiger partial charge in [0.15, 0.2) is 6.29 Å². The average molecular weight is 538 g/mol. The molecule has 3 aromatic rings. The Balaban J connectivity index is 1.40. The van der Waals surface area contributed by atoms with Crippen LogP contribution in [0.4, 0.5) is 26.3 Å². The molecule has 0 amide bonds. The summed E-state index contributed by atoms with van der Waals surface area (Å²) < 4.78 is 106. The van der Waals surface area contributed by atoms with Crippen molar-refractivity contribution in [3.8, 4) is 11.5 Å². The van der Waals surface area contributed by atoms with E-state index in [1.807, 2.05) is 0 Å². The molecule has 0 aliphatic carbocycles. The predicted molar refractivity (Wildman–Crippen MR) is 126 cm³/mol. The Labute approximate surface area is 215 Å². The molecule has 202 valence electrons. The third kappa shape index (κ3) is 6.68. The summed E-state index contributed by atoms with van der Waals surface area (Å²) in [7, 11) is 0. The molecule has 1 heterocycles. The number of allylic oxidation sites excluding steroid dienone is 1. The van der Waals surface area contributed by atoms with Crippen LogP contribution in [0.3, 0.4) is 0 Å². The predicted octanol–water partition coefficient (Wildman–Crippen LogP) is 7.85. The lowest BCUT2D eigenvalue weighted by Crippen LogP contribution is -2.27. The van der Waals surface area contributed by atoms with Gasteiger partial charge in [0, 0.05) is 11.5 Å². The monoisotopic (exact) mass is 538 g/mol. The minimum absolute atomic E-state index is 0.159. The van der Waals surface area contributed by atoms with Gasteiger partial charge in [-0.05, 0) is 73.5 Å². The highest BCUT2D eigenvalue weighted by molar-refractivity contribution is 5.33. The van der Waals surface area contributed by atoms with Gasteiger partial charge in [0.2, 0.25) is 0 Å². The number of ether oxygens (including phenoxy) is 4. The van der Waals surface area contributed by atoms with Crippen LogP contribution >= 0.6 is 0 Å². The number of halogens is 6. The van der Waals surface area contributed by atoms with Gasteiger partial charge in [-0.3, -0.25) is 0 Å². The second-order valence-corrected chi connectivity index (χ2v) is 8.69. The summed E-state index contributed by atoms with van der Waals surface area (Å²) >= 11 is 0. The lowest BCUT2D eigenvalue weighted by Gasteiger charge is -2.29. The number of alkyl halides is 4. The normalized spacial score (nSPS) is 18.2. The van der Waals surface area contributed by atoms with Gasteiger partial charge >= 0.3 is 12.2 Å². The van der Waals surface area contributed by atoms with Gasteiger partial charge in [-0.25, -0.2) is 8.78 Å². The molecule has 1 saturated heterocycles. The van der Waals surface area contributed by atoms with Gasteiger partial charge in [0.1, 0.15) is 23.1 Å². The zero-order valence-electron chi connectivity index (χ0n) is 20.0. The fourth-order valence-corrected chi connectivity index (χ4v) is 3.80. The molecule has 1 aliphatic heterocycles. The number of hydrogen-bond donors (Lipinski definition) is 0. The van der Waals surface area contributed by atoms with E-state index in [9.17, 15) is 26.3 Å². The molecule has 0 spiro atoms. The minimum atomic E-state index is -4.11. The SMILES string of the molecule is C=CCCC1COC(c2ccc(C(F)(F)Oc3ccc(C(F)(F)Oc4ccc(F)cc4)cc3)c(F)c2)OC1. The Morgan fingerprint density at radius 3 is 1.97 bits per heavy atom. The van der Waals surface area contributed by atoms with E-state index in [0.29, 0.717) is 13.2 Å². The summed E-state index contributed by atoms with van der Waals surface area (Å²) in [5.74, 6) is -2.49. The van der Waals surface area contributed by atoms with Crippen LogP contribution in [0.25, 0.3) is 0 Å². The van der Waals surface area contributed by atoms with E-state index in [1.165, 1.54) is 6.07 Å². The molecule has 0 N–H and O–H groups in total. The third-order valence-electron chi connectivity index (χ3n) is 5.82. The lowest BCUT2D eigenvalue weighted by atomic mass is 10.0. The summed E-state index contributed by atoms with van der Waals surface area (Å²) in [6, 6.07) is 10.4. The highest BCUT2D eigenvalue weighted by Crippen LogP contribution is 2.37. The van der Waals surface area contributed by atoms with Crippen LogP contribution in [0, 0.1) is 17.6 Å². The second-order valence-electron chi connectivity index (χ2n) is 8.69. The first-order chi connectivity index (χ1) is 18.1. The van der Waals surface area contributed by atoms with Crippen LogP contribution in [0.1, 0.15) is 35.8 Å². The molecule has 3 aromatic carbocycles. The highest BCUT2D eigenvalue weighted by Gasteiger charge is 2.39. The maximum Gasteiger partial charge on any atom is 0.429 e. The van der Waals surface area contributed by atoms with Crippen molar-refractivity contribution in [1.29, 1.82) is 0 Å². The molecule has 0 atom stereocenters. The fraction of sp³-hybridized carbons (Fsp3) is 0.286. The van der Waals surface area contributed by atoms with E-state index in [2.05, 4.69) is 16.1 Å². The molecule has 0 aromatic heterocycles. The number of benzene rings is 3. The van der Waals surface area contributed by atoms with Crippen molar-refractivity contribution >= 4 is 0 Å². The van der Waals surface area contributed by atoms with Gasteiger partial charge in [-0.1, -0.05) is 12.1 Å². The molecule has 0 bridgehead atoms. The molecule has 0 unspecified atom stereocenters. The summed E-state index contributed by atoms with van der Waals surface area (Å²) in [4.78, 5) is 0. The zero-order chi connectivity index (χ0) is 27.3. The first-order valence-corrected chi connectivity index (χ1v) is 11.7. The first-order valence-electron chi connectivity index (χ1n) is 11.7. The van der Waals surface area contributed by atoms with Crippen LogP contribution in [0.5, 0.6) is 11.5 Å². The molecule has 1 aliphatic rings. The van der Waals surface area contributed by atoms with Crippen LogP contribution < -0.4 is 9.47 Å². The maximum atomic E-state index is 14.8. The molecular weight excluding hydrogens is 514 g/mol. The Morgan fingerprint density at radius 2 is 1.39 bits per heavy atom. The summed E-state index contributed by atoms with van der Waals surface area (Å²) in [5.41, 5.74) is -1.47. The zero-order valence-corrected chi connectivity index (χ0v) is 20.0. The Bertz CT molecular complexity index is 1220. The largest absolute Gasteiger partial charge is 0.429 e. The van der Waals surface area contributed by atoms with E-state index in [0.717, 1.165) is 73.5 Å². The topological polar surface area (TPSA) is 36.9 Å². The highest BCUT2D eigenvalue weighted by atomic mass is 19.3. The smallest absolute Gasteiger partial charge is 0.429 e. The molecule has 0 radical (unpaired) electrons. The van der Waals surface area contributed by atoms with Crippen molar-refractivity contribution in [2.24, 2.45) is 5.92 Å². The van der Waals surface area contributed by atoms with Crippen molar-refractivity contribution < 1.29 is 45.3 Å². The summed E-state index contributed by atoms with van der Waals surface area (Å²) in [6.07, 6.45) is -5.42. The molecule has 0 saturated carbocycles. The molecule has 4 rings (SSSR count). The van der Waals surface area contributed by atoms with Gasteiger partial charge < -0.3 is 18.9 Å². The van der Waals surface area contributed by atoms with Crippen molar-refractivity contribution in [2.45, 2.75) is 31.3 Å². The van der Waals surface area contributed by atoms with Gasteiger partial charge in [0.25, 0.3) is 0 Å². The molecule has 38 heavy (non-hydrogen) atoms. The Hall–Kier alpha value is -3.50. The van der Waals surface area contributed by atoms with Crippen molar-refractivity contribution in [3.63, 3.8) is 0 Å². The van der Waals surface area contributed by atoms with Crippen LogP contribution in [-0.4, -0.2) is 13.2 Å². The van der Waals surface area contributed by atoms with E-state index < -0.39 is 47.0 Å².